The van der Waals surface area contributed by atoms with E-state index in [4.69, 9.17) is 16.3 Å². The smallest absolute Gasteiger partial charge is 0.357 e. The van der Waals surface area contributed by atoms with Gasteiger partial charge in [-0.1, -0.05) is 24.6 Å². The van der Waals surface area contributed by atoms with Gasteiger partial charge >= 0.3 is 5.97 Å². The van der Waals surface area contributed by atoms with Crippen LogP contribution in [0.25, 0.3) is 10.2 Å². The van der Waals surface area contributed by atoms with Crippen molar-refractivity contribution in [2.24, 2.45) is 0 Å². The molecule has 0 saturated carbocycles. The second-order valence-corrected chi connectivity index (χ2v) is 9.47. The highest BCUT2D eigenvalue weighted by Gasteiger charge is 2.33. The lowest BCUT2D eigenvalue weighted by Crippen LogP contribution is -2.28. The summed E-state index contributed by atoms with van der Waals surface area (Å²) >= 11 is 7.60. The third kappa shape index (κ3) is 4.77. The third-order valence-corrected chi connectivity index (χ3v) is 6.98. The zero-order valence-electron chi connectivity index (χ0n) is 19.6. The molecule has 1 aromatic carbocycles. The summed E-state index contributed by atoms with van der Waals surface area (Å²) < 4.78 is 7.04. The first-order chi connectivity index (χ1) is 15.6. The Hall–Kier alpha value is -2.84. The number of hydrogen-bond acceptors (Lipinski definition) is 5. The van der Waals surface area contributed by atoms with E-state index in [1.165, 1.54) is 18.3 Å². The molecule has 2 heterocycles. The standard InChI is InChI=1S/C24H28ClN3O4S/c1-7-18(22(30)27-17-11-16(25)10-9-12(17)3)28-21(24(31)32-8-2)20(26-15(6)29)19-13(4)14(5)33-23(19)28/h9-11,18H,7-8H2,1-6H3,(H,26,29)(H,27,30). The summed E-state index contributed by atoms with van der Waals surface area (Å²) in [5.41, 5.74) is 2.97. The van der Waals surface area contributed by atoms with E-state index in [0.29, 0.717) is 22.8 Å². The number of ether oxygens (including phenoxy) is 1. The minimum Gasteiger partial charge on any atom is -0.461 e. The SMILES string of the molecule is CCOC(=O)c1c(NC(C)=O)c2c(C)c(C)sc2n1C(CC)C(=O)Nc1cc(Cl)ccc1C. The monoisotopic (exact) mass is 489 g/mol. The molecule has 33 heavy (non-hydrogen) atoms. The van der Waals surface area contributed by atoms with Gasteiger partial charge in [0.25, 0.3) is 0 Å². The summed E-state index contributed by atoms with van der Waals surface area (Å²) in [5.74, 6) is -1.19. The van der Waals surface area contributed by atoms with E-state index in [1.54, 1.807) is 23.6 Å². The molecule has 0 fully saturated rings. The quantitative estimate of drug-likeness (QED) is 0.398. The minimum atomic E-state index is -0.717. The van der Waals surface area contributed by atoms with Gasteiger partial charge in [0.05, 0.1) is 12.3 Å². The molecular formula is C24H28ClN3O4S. The molecular weight excluding hydrogens is 462 g/mol. The number of anilines is 2. The number of carbonyl (C=O) groups is 3. The van der Waals surface area contributed by atoms with Crippen LogP contribution >= 0.6 is 22.9 Å². The average molecular weight is 490 g/mol. The lowest BCUT2D eigenvalue weighted by molar-refractivity contribution is -0.119. The lowest BCUT2D eigenvalue weighted by atomic mass is 10.1. The molecule has 0 bridgehead atoms. The summed E-state index contributed by atoms with van der Waals surface area (Å²) in [6.45, 7) is 10.9. The first-order valence-corrected chi connectivity index (χ1v) is 12.0. The zero-order valence-corrected chi connectivity index (χ0v) is 21.2. The minimum absolute atomic E-state index is 0.167. The van der Waals surface area contributed by atoms with Crippen LogP contribution in [0.15, 0.2) is 18.2 Å². The van der Waals surface area contributed by atoms with Crippen molar-refractivity contribution >= 4 is 62.3 Å². The summed E-state index contributed by atoms with van der Waals surface area (Å²) in [5, 5.41) is 7.03. The maximum atomic E-state index is 13.5. The third-order valence-electron chi connectivity index (χ3n) is 5.54. The number of fused-ring (bicyclic) bond motifs is 1. The molecule has 2 N–H and O–H groups in total. The largest absolute Gasteiger partial charge is 0.461 e. The van der Waals surface area contributed by atoms with Gasteiger partial charge in [-0.25, -0.2) is 4.79 Å². The number of nitrogens with zero attached hydrogens (tertiary/aromatic N) is 1. The number of rotatable bonds is 7. The van der Waals surface area contributed by atoms with Crippen LogP contribution in [0.4, 0.5) is 11.4 Å². The molecule has 0 aliphatic carbocycles. The second kappa shape index (κ2) is 9.97. The maximum absolute atomic E-state index is 13.5. The predicted octanol–water partition coefficient (Wildman–Crippen LogP) is 6.01. The molecule has 0 aliphatic heterocycles. The Labute approximate surface area is 202 Å². The van der Waals surface area contributed by atoms with Gasteiger partial charge in [0, 0.05) is 27.9 Å². The number of nitrogens with one attached hydrogen (secondary N) is 2. The predicted molar refractivity (Wildman–Crippen MR) is 134 cm³/mol. The average Bonchev–Trinajstić information content (AvgIpc) is 3.19. The number of amides is 2. The van der Waals surface area contributed by atoms with Crippen molar-refractivity contribution in [3.63, 3.8) is 0 Å². The number of hydrogen-bond donors (Lipinski definition) is 2. The second-order valence-electron chi connectivity index (χ2n) is 7.83. The molecule has 7 nitrogen and oxygen atoms in total. The highest BCUT2D eigenvalue weighted by Crippen LogP contribution is 2.43. The van der Waals surface area contributed by atoms with Gasteiger partial charge in [-0.3, -0.25) is 9.59 Å². The van der Waals surface area contributed by atoms with Gasteiger partial charge in [0.1, 0.15) is 10.9 Å². The van der Waals surface area contributed by atoms with Crippen LogP contribution in [0, 0.1) is 20.8 Å². The van der Waals surface area contributed by atoms with Crippen molar-refractivity contribution in [1.29, 1.82) is 0 Å². The number of benzene rings is 1. The Bertz CT molecular complexity index is 1240. The number of aromatic nitrogens is 1. The molecule has 3 rings (SSSR count). The van der Waals surface area contributed by atoms with Crippen molar-refractivity contribution in [3.05, 3.63) is 44.9 Å². The number of halogens is 1. The fourth-order valence-electron chi connectivity index (χ4n) is 3.84. The topological polar surface area (TPSA) is 89.4 Å². The van der Waals surface area contributed by atoms with Crippen molar-refractivity contribution in [2.75, 3.05) is 17.2 Å². The number of carbonyl (C=O) groups excluding carboxylic acids is 3. The molecule has 1 unspecified atom stereocenters. The van der Waals surface area contributed by atoms with Crippen molar-refractivity contribution in [2.45, 2.75) is 54.0 Å². The first kappa shape index (κ1) is 24.8. The van der Waals surface area contributed by atoms with E-state index in [9.17, 15) is 14.4 Å². The van der Waals surface area contributed by atoms with Gasteiger partial charge in [0.15, 0.2) is 5.69 Å². The van der Waals surface area contributed by atoms with E-state index in [1.807, 2.05) is 33.8 Å². The normalized spacial score (nSPS) is 12.0. The zero-order chi connectivity index (χ0) is 24.4. The Morgan fingerprint density at radius 1 is 1.15 bits per heavy atom. The Kier molecular flexibility index (Phi) is 7.49. The number of esters is 1. The van der Waals surface area contributed by atoms with Crippen molar-refractivity contribution < 1.29 is 19.1 Å². The van der Waals surface area contributed by atoms with Crippen LogP contribution < -0.4 is 10.6 Å². The molecule has 0 radical (unpaired) electrons. The van der Waals surface area contributed by atoms with Crippen molar-refractivity contribution in [1.82, 2.24) is 4.57 Å². The molecule has 2 amide bonds. The Morgan fingerprint density at radius 3 is 2.45 bits per heavy atom. The van der Waals surface area contributed by atoms with Crippen LogP contribution in [0.2, 0.25) is 5.02 Å². The number of aryl methyl sites for hydroxylation is 3. The van der Waals surface area contributed by atoms with Crippen LogP contribution in [-0.2, 0) is 14.3 Å². The van der Waals surface area contributed by atoms with Gasteiger partial charge in [-0.15, -0.1) is 11.3 Å². The summed E-state index contributed by atoms with van der Waals surface area (Å²) in [7, 11) is 0. The van der Waals surface area contributed by atoms with Gasteiger partial charge in [-0.05, 0) is 57.4 Å². The van der Waals surface area contributed by atoms with E-state index >= 15 is 0 Å². The highest BCUT2D eigenvalue weighted by molar-refractivity contribution is 7.19. The maximum Gasteiger partial charge on any atom is 0.357 e. The first-order valence-electron chi connectivity index (χ1n) is 10.8. The Morgan fingerprint density at radius 2 is 1.85 bits per heavy atom. The van der Waals surface area contributed by atoms with E-state index < -0.39 is 12.0 Å². The van der Waals surface area contributed by atoms with E-state index in [-0.39, 0.29) is 24.1 Å². The molecule has 0 aliphatic rings. The van der Waals surface area contributed by atoms with Crippen LogP contribution in [0.1, 0.15) is 59.7 Å². The highest BCUT2D eigenvalue weighted by atomic mass is 35.5. The van der Waals surface area contributed by atoms with E-state index in [0.717, 1.165) is 26.2 Å². The molecule has 1 atom stereocenters. The summed E-state index contributed by atoms with van der Waals surface area (Å²) in [6.07, 6.45) is 0.414. The fraction of sp³-hybridized carbons (Fsp3) is 0.375. The Balaban J connectivity index is 2.23. The van der Waals surface area contributed by atoms with Gasteiger partial charge < -0.3 is 19.9 Å². The number of thiophene rings is 1. The van der Waals surface area contributed by atoms with E-state index in [2.05, 4.69) is 10.6 Å². The van der Waals surface area contributed by atoms with Gasteiger partial charge in [0.2, 0.25) is 11.8 Å². The van der Waals surface area contributed by atoms with Crippen LogP contribution in [0.3, 0.4) is 0 Å². The molecule has 0 spiro atoms. The van der Waals surface area contributed by atoms with Crippen LogP contribution in [0.5, 0.6) is 0 Å². The fourth-order valence-corrected chi connectivity index (χ4v) is 5.23. The van der Waals surface area contributed by atoms with Crippen molar-refractivity contribution in [3.8, 4) is 0 Å². The molecule has 2 aromatic heterocycles. The summed E-state index contributed by atoms with van der Waals surface area (Å²) in [4.78, 5) is 40.4. The lowest BCUT2D eigenvalue weighted by Gasteiger charge is -2.21. The molecule has 176 valence electrons. The molecule has 0 saturated heterocycles. The molecule has 9 heteroatoms. The summed E-state index contributed by atoms with van der Waals surface area (Å²) in [6, 6.07) is 4.57. The molecule has 3 aromatic rings. The van der Waals surface area contributed by atoms with Crippen LogP contribution in [-0.4, -0.2) is 29.0 Å². The van der Waals surface area contributed by atoms with Gasteiger partial charge in [-0.2, -0.15) is 0 Å².